The van der Waals surface area contributed by atoms with E-state index in [0.29, 0.717) is 24.2 Å². The number of aromatic nitrogens is 1. The molecule has 3 heterocycles. The SMILES string of the molecule is CCC1=NN2C(=N)/C(=C/c3cn(CCOc4ccccc4C(C)CC)c4ccccc34)C(=O)N=C2S1. The fourth-order valence-corrected chi connectivity index (χ4v) is 5.22. The molecule has 0 radical (unpaired) electrons. The normalized spacial score (nSPS) is 17.4. The lowest BCUT2D eigenvalue weighted by Crippen LogP contribution is -2.35. The molecule has 36 heavy (non-hydrogen) atoms. The number of amidine groups is 2. The molecule has 3 aromatic rings. The van der Waals surface area contributed by atoms with Crippen LogP contribution in [0.3, 0.4) is 0 Å². The van der Waals surface area contributed by atoms with Gasteiger partial charge in [-0.3, -0.25) is 10.2 Å². The van der Waals surface area contributed by atoms with Gasteiger partial charge in [-0.1, -0.05) is 57.2 Å². The summed E-state index contributed by atoms with van der Waals surface area (Å²) in [4.78, 5) is 17.0. The number of para-hydroxylation sites is 2. The number of hydrazone groups is 1. The highest BCUT2D eigenvalue weighted by Gasteiger charge is 2.35. The maximum Gasteiger partial charge on any atom is 0.283 e. The van der Waals surface area contributed by atoms with E-state index in [1.807, 2.05) is 43.5 Å². The van der Waals surface area contributed by atoms with Gasteiger partial charge in [-0.15, -0.1) is 0 Å². The van der Waals surface area contributed by atoms with Gasteiger partial charge in [-0.05, 0) is 54.3 Å². The minimum Gasteiger partial charge on any atom is -0.491 e. The Hall–Kier alpha value is -3.65. The molecule has 0 fully saturated rings. The Balaban J connectivity index is 1.41. The van der Waals surface area contributed by atoms with Crippen LogP contribution in [0.2, 0.25) is 0 Å². The number of hydrogen-bond donors (Lipinski definition) is 1. The minimum atomic E-state index is -0.409. The molecule has 1 aromatic heterocycles. The van der Waals surface area contributed by atoms with E-state index in [1.54, 1.807) is 6.08 Å². The molecule has 0 saturated heterocycles. The van der Waals surface area contributed by atoms with Crippen molar-refractivity contribution in [3.05, 3.63) is 71.4 Å². The van der Waals surface area contributed by atoms with Crippen molar-refractivity contribution in [2.45, 2.75) is 46.1 Å². The van der Waals surface area contributed by atoms with E-state index in [9.17, 15) is 4.79 Å². The Bertz CT molecular complexity index is 1430. The highest BCUT2D eigenvalue weighted by atomic mass is 32.2. The smallest absolute Gasteiger partial charge is 0.283 e. The lowest BCUT2D eigenvalue weighted by molar-refractivity contribution is -0.114. The van der Waals surface area contributed by atoms with Gasteiger partial charge in [0.05, 0.1) is 12.1 Å². The van der Waals surface area contributed by atoms with Crippen molar-refractivity contribution < 1.29 is 9.53 Å². The molecule has 0 aliphatic carbocycles. The first kappa shape index (κ1) is 24.1. The summed E-state index contributed by atoms with van der Waals surface area (Å²) >= 11 is 1.35. The maximum absolute atomic E-state index is 12.8. The molecule has 0 spiro atoms. The van der Waals surface area contributed by atoms with Crippen LogP contribution in [0.4, 0.5) is 0 Å². The van der Waals surface area contributed by atoms with E-state index in [1.165, 1.54) is 22.3 Å². The van der Waals surface area contributed by atoms with Crippen molar-refractivity contribution in [2.75, 3.05) is 6.61 Å². The summed E-state index contributed by atoms with van der Waals surface area (Å²) in [5.74, 6) is 1.01. The van der Waals surface area contributed by atoms with Crippen LogP contribution in [0.15, 0.2) is 70.4 Å². The number of nitrogens with zero attached hydrogens (tertiary/aromatic N) is 4. The molecule has 1 unspecified atom stereocenters. The number of hydrogen-bond acceptors (Lipinski definition) is 5. The first-order valence-corrected chi connectivity index (χ1v) is 13.1. The fourth-order valence-electron chi connectivity index (χ4n) is 4.40. The van der Waals surface area contributed by atoms with Crippen molar-refractivity contribution in [3.63, 3.8) is 0 Å². The Morgan fingerprint density at radius 3 is 2.72 bits per heavy atom. The van der Waals surface area contributed by atoms with Crippen LogP contribution in [0.5, 0.6) is 5.75 Å². The van der Waals surface area contributed by atoms with Gasteiger partial charge < -0.3 is 9.30 Å². The summed E-state index contributed by atoms with van der Waals surface area (Å²) in [5, 5.41) is 16.8. The molecular formula is C28H29N5O2S. The van der Waals surface area contributed by atoms with Gasteiger partial charge in [-0.2, -0.15) is 15.1 Å². The number of nitrogens with one attached hydrogen (secondary N) is 1. The van der Waals surface area contributed by atoms with Gasteiger partial charge in [0.2, 0.25) is 5.17 Å². The third-order valence-electron chi connectivity index (χ3n) is 6.57. The molecule has 8 heteroatoms. The fraction of sp³-hybridized carbons (Fsp3) is 0.286. The van der Waals surface area contributed by atoms with Crippen LogP contribution in [0.25, 0.3) is 17.0 Å². The van der Waals surface area contributed by atoms with Gasteiger partial charge >= 0.3 is 0 Å². The zero-order chi connectivity index (χ0) is 25.2. The second-order valence-electron chi connectivity index (χ2n) is 8.86. The lowest BCUT2D eigenvalue weighted by Gasteiger charge is -2.20. The zero-order valence-electron chi connectivity index (χ0n) is 20.7. The average molecular weight is 500 g/mol. The summed E-state index contributed by atoms with van der Waals surface area (Å²) in [6.45, 7) is 7.56. The van der Waals surface area contributed by atoms with Crippen molar-refractivity contribution in [1.82, 2.24) is 9.58 Å². The number of ether oxygens (including phenoxy) is 1. The number of thioether (sulfide) groups is 1. The van der Waals surface area contributed by atoms with Crippen LogP contribution in [-0.2, 0) is 11.3 Å². The molecule has 7 nitrogen and oxygen atoms in total. The molecule has 2 aromatic carbocycles. The van der Waals surface area contributed by atoms with E-state index in [4.69, 9.17) is 10.1 Å². The van der Waals surface area contributed by atoms with Crippen molar-refractivity contribution in [1.29, 1.82) is 5.41 Å². The van der Waals surface area contributed by atoms with Crippen LogP contribution in [-0.4, -0.2) is 38.1 Å². The molecule has 2 aliphatic heterocycles. The van der Waals surface area contributed by atoms with Gasteiger partial charge in [-0.25, -0.2) is 0 Å². The Morgan fingerprint density at radius 2 is 1.92 bits per heavy atom. The first-order chi connectivity index (χ1) is 17.5. The standard InChI is InChI=1S/C28H29N5O2S/c1-4-18(3)20-10-7-9-13-24(20)35-15-14-32-17-19(21-11-6-8-12-23(21)32)16-22-26(29)33-28(30-27(22)34)36-25(5-2)31-33/h6-13,16-18,29H,4-5,14-15H2,1-3H3/b22-16-,29-26?. The quantitative estimate of drug-likeness (QED) is 0.371. The van der Waals surface area contributed by atoms with E-state index in [0.717, 1.165) is 40.1 Å². The van der Waals surface area contributed by atoms with Gasteiger partial charge in [0.15, 0.2) is 5.84 Å². The minimum absolute atomic E-state index is 0.0581. The molecule has 0 saturated carbocycles. The molecule has 2 aliphatic rings. The molecule has 1 atom stereocenters. The summed E-state index contributed by atoms with van der Waals surface area (Å²) in [6, 6.07) is 16.3. The zero-order valence-corrected chi connectivity index (χ0v) is 21.5. The monoisotopic (exact) mass is 499 g/mol. The van der Waals surface area contributed by atoms with E-state index < -0.39 is 5.91 Å². The number of carbonyl (C=O) groups excluding carboxylic acids is 1. The predicted molar refractivity (Wildman–Crippen MR) is 148 cm³/mol. The highest BCUT2D eigenvalue weighted by Crippen LogP contribution is 2.31. The molecule has 184 valence electrons. The third-order valence-corrected chi connectivity index (χ3v) is 7.62. The average Bonchev–Trinajstić information content (AvgIpc) is 3.48. The number of benzene rings is 2. The molecular weight excluding hydrogens is 470 g/mol. The second kappa shape index (κ2) is 10.1. The molecule has 5 rings (SSSR count). The van der Waals surface area contributed by atoms with Crippen LogP contribution in [0.1, 0.15) is 50.7 Å². The second-order valence-corrected chi connectivity index (χ2v) is 9.90. The Kier molecular flexibility index (Phi) is 6.78. The van der Waals surface area contributed by atoms with E-state index >= 15 is 0 Å². The molecule has 0 bridgehead atoms. The number of aliphatic imine (C=N–C) groups is 1. The van der Waals surface area contributed by atoms with Crippen molar-refractivity contribution >= 4 is 50.7 Å². The first-order valence-electron chi connectivity index (χ1n) is 12.3. The van der Waals surface area contributed by atoms with Crippen LogP contribution < -0.4 is 4.74 Å². The van der Waals surface area contributed by atoms with Crippen LogP contribution in [0, 0.1) is 5.41 Å². The number of carbonyl (C=O) groups is 1. The van der Waals surface area contributed by atoms with Crippen molar-refractivity contribution in [3.8, 4) is 5.75 Å². The molecule has 1 N–H and O–H groups in total. The van der Waals surface area contributed by atoms with E-state index in [2.05, 4.69) is 46.7 Å². The van der Waals surface area contributed by atoms with Gasteiger partial charge in [0.1, 0.15) is 17.4 Å². The summed E-state index contributed by atoms with van der Waals surface area (Å²) in [7, 11) is 0. The Morgan fingerprint density at radius 1 is 1.14 bits per heavy atom. The van der Waals surface area contributed by atoms with Crippen LogP contribution >= 0.6 is 11.8 Å². The number of amides is 1. The predicted octanol–water partition coefficient (Wildman–Crippen LogP) is 6.26. The summed E-state index contributed by atoms with van der Waals surface area (Å²) < 4.78 is 8.35. The summed E-state index contributed by atoms with van der Waals surface area (Å²) in [6.07, 6.45) is 5.56. The number of rotatable bonds is 8. The van der Waals surface area contributed by atoms with Gasteiger partial charge in [0, 0.05) is 22.7 Å². The summed E-state index contributed by atoms with van der Waals surface area (Å²) in [5.41, 5.74) is 3.38. The van der Waals surface area contributed by atoms with Crippen molar-refractivity contribution in [2.24, 2.45) is 10.1 Å². The topological polar surface area (TPSA) is 83.0 Å². The highest BCUT2D eigenvalue weighted by molar-refractivity contribution is 8.26. The lowest BCUT2D eigenvalue weighted by atomic mass is 9.98. The maximum atomic E-state index is 12.8. The third kappa shape index (κ3) is 4.48. The van der Waals surface area contributed by atoms with Gasteiger partial charge in [0.25, 0.3) is 5.91 Å². The number of fused-ring (bicyclic) bond motifs is 2. The Labute approximate surface area is 215 Å². The largest absolute Gasteiger partial charge is 0.491 e. The molecule has 1 amide bonds. The van der Waals surface area contributed by atoms with E-state index in [-0.39, 0.29) is 11.4 Å².